The molecule has 0 bridgehead atoms. The van der Waals surface area contributed by atoms with Crippen LogP contribution < -0.4 is 4.90 Å². The van der Waals surface area contributed by atoms with Crippen LogP contribution in [0.5, 0.6) is 0 Å². The Morgan fingerprint density at radius 2 is 1.62 bits per heavy atom. The van der Waals surface area contributed by atoms with Gasteiger partial charge in [0, 0.05) is 22.3 Å². The van der Waals surface area contributed by atoms with E-state index in [1.165, 1.54) is 22.4 Å². The average molecular weight is 666 g/mol. The minimum Gasteiger partial charge on any atom is -0.465 e. The number of furan rings is 1. The first kappa shape index (κ1) is 32.2. The lowest BCUT2D eigenvalue weighted by molar-refractivity contribution is -0.136. The summed E-state index contributed by atoms with van der Waals surface area (Å²) in [5, 5.41) is 1.01. The maximum absolute atomic E-state index is 13.8. The third-order valence-electron chi connectivity index (χ3n) is 7.44. The number of rotatable bonds is 9. The quantitative estimate of drug-likeness (QED) is 0.136. The Labute approximate surface area is 272 Å². The van der Waals surface area contributed by atoms with Gasteiger partial charge >= 0.3 is 5.97 Å². The molecule has 232 valence electrons. The molecule has 0 atom stereocenters. The minimum atomic E-state index is -3.94. The van der Waals surface area contributed by atoms with Crippen LogP contribution in [0.15, 0.2) is 105 Å². The Kier molecular flexibility index (Phi) is 9.36. The summed E-state index contributed by atoms with van der Waals surface area (Å²) >= 11 is 12.4. The van der Waals surface area contributed by atoms with Gasteiger partial charge in [-0.05, 0) is 86.5 Å². The van der Waals surface area contributed by atoms with Crippen molar-refractivity contribution >= 4 is 56.9 Å². The third-order valence-corrected chi connectivity index (χ3v) is 9.90. The Morgan fingerprint density at radius 1 is 0.933 bits per heavy atom. The van der Waals surface area contributed by atoms with Crippen LogP contribution in [0.1, 0.15) is 35.1 Å². The van der Waals surface area contributed by atoms with Gasteiger partial charge in [0.05, 0.1) is 35.4 Å². The number of halogens is 2. The fraction of sp³-hybridized carbons (Fsp3) is 0.176. The van der Waals surface area contributed by atoms with Crippen molar-refractivity contribution < 1.29 is 27.2 Å². The molecule has 0 saturated carbocycles. The first-order chi connectivity index (χ1) is 21.4. The molecule has 3 aromatic carbocycles. The number of sulfonamides is 1. The van der Waals surface area contributed by atoms with Gasteiger partial charge in [-0.2, -0.15) is 4.31 Å². The zero-order chi connectivity index (χ0) is 32.5. The molecule has 0 unspecified atom stereocenters. The molecule has 1 aromatic heterocycles. The highest BCUT2D eigenvalue weighted by Crippen LogP contribution is 2.37. The van der Waals surface area contributed by atoms with Crippen LogP contribution in [-0.4, -0.2) is 31.7 Å². The van der Waals surface area contributed by atoms with E-state index in [2.05, 4.69) is 0 Å². The highest BCUT2D eigenvalue weighted by molar-refractivity contribution is 7.89. The molecule has 11 heteroatoms. The molecule has 0 radical (unpaired) electrons. The van der Waals surface area contributed by atoms with Crippen LogP contribution in [0.2, 0.25) is 10.0 Å². The van der Waals surface area contributed by atoms with Crippen molar-refractivity contribution in [2.24, 2.45) is 0 Å². The number of allylic oxidation sites excluding steroid dienone is 1. The summed E-state index contributed by atoms with van der Waals surface area (Å²) < 4.78 is 39.9. The smallest absolute Gasteiger partial charge is 0.340 e. The van der Waals surface area contributed by atoms with Crippen LogP contribution >= 0.6 is 23.2 Å². The predicted octanol–water partition coefficient (Wildman–Crippen LogP) is 7.47. The number of anilines is 1. The van der Waals surface area contributed by atoms with Gasteiger partial charge in [0.1, 0.15) is 11.5 Å². The number of methoxy groups -OCH3 is 1. The second kappa shape index (κ2) is 13.1. The van der Waals surface area contributed by atoms with Gasteiger partial charge in [-0.3, -0.25) is 9.69 Å². The van der Waals surface area contributed by atoms with Gasteiger partial charge in [-0.15, -0.1) is 0 Å². The monoisotopic (exact) mass is 664 g/mol. The van der Waals surface area contributed by atoms with Gasteiger partial charge in [0.25, 0.3) is 5.91 Å². The molecule has 0 spiro atoms. The summed E-state index contributed by atoms with van der Waals surface area (Å²) in [6, 6.07) is 22.0. The number of carbonyl (C=O) groups excluding carboxylic acids is 2. The number of ether oxygens (including phenoxy) is 1. The topological polar surface area (TPSA) is 97.1 Å². The average Bonchev–Trinajstić information content (AvgIpc) is 3.55. The summed E-state index contributed by atoms with van der Waals surface area (Å²) in [6.07, 6.45) is 1.45. The lowest BCUT2D eigenvalue weighted by Crippen LogP contribution is -2.30. The summed E-state index contributed by atoms with van der Waals surface area (Å²) in [4.78, 5) is 28.1. The lowest BCUT2D eigenvalue weighted by Gasteiger charge is -2.21. The highest BCUT2D eigenvalue weighted by atomic mass is 35.5. The molecular formula is C34H30Cl2N2O6S. The molecule has 0 aliphatic carbocycles. The molecule has 2 heterocycles. The van der Waals surface area contributed by atoms with Crippen LogP contribution in [0.25, 0.3) is 6.08 Å². The molecular weight excluding hydrogens is 635 g/mol. The first-order valence-electron chi connectivity index (χ1n) is 13.9. The summed E-state index contributed by atoms with van der Waals surface area (Å²) in [6.45, 7) is 5.35. The lowest BCUT2D eigenvalue weighted by atomic mass is 10.1. The molecule has 4 aromatic rings. The number of benzene rings is 3. The van der Waals surface area contributed by atoms with Crippen LogP contribution in [0, 0.1) is 13.8 Å². The maximum Gasteiger partial charge on any atom is 0.340 e. The van der Waals surface area contributed by atoms with Gasteiger partial charge in [0.15, 0.2) is 0 Å². The van der Waals surface area contributed by atoms with Crippen LogP contribution in [0.3, 0.4) is 0 Å². The molecule has 1 aliphatic rings. The normalized spacial score (nSPS) is 14.6. The van der Waals surface area contributed by atoms with Crippen molar-refractivity contribution in [2.45, 2.75) is 38.8 Å². The fourth-order valence-corrected chi connectivity index (χ4v) is 6.66. The van der Waals surface area contributed by atoms with Gasteiger partial charge < -0.3 is 9.15 Å². The number of aryl methyl sites for hydroxylation is 2. The van der Waals surface area contributed by atoms with Gasteiger partial charge in [-0.1, -0.05) is 59.1 Å². The van der Waals surface area contributed by atoms with Crippen molar-refractivity contribution in [1.82, 2.24) is 4.31 Å². The Bertz CT molecular complexity index is 1940. The van der Waals surface area contributed by atoms with Crippen molar-refractivity contribution in [1.29, 1.82) is 0 Å². The van der Waals surface area contributed by atoms with E-state index in [9.17, 15) is 18.0 Å². The molecule has 5 rings (SSSR count). The molecule has 0 N–H and O–H groups in total. The summed E-state index contributed by atoms with van der Waals surface area (Å²) in [5.74, 6) is -0.556. The molecule has 1 aliphatic heterocycles. The Morgan fingerprint density at radius 3 is 2.27 bits per heavy atom. The van der Waals surface area contributed by atoms with Gasteiger partial charge in [-0.25, -0.2) is 13.2 Å². The van der Waals surface area contributed by atoms with E-state index in [0.29, 0.717) is 27.2 Å². The molecule has 8 nitrogen and oxygen atoms in total. The number of amides is 1. The van der Waals surface area contributed by atoms with Crippen molar-refractivity contribution in [3.05, 3.63) is 134 Å². The fourth-order valence-electron chi connectivity index (χ4n) is 4.96. The number of nitrogens with zero attached hydrogens (tertiary/aromatic N) is 2. The summed E-state index contributed by atoms with van der Waals surface area (Å²) in [7, 11) is -2.70. The largest absolute Gasteiger partial charge is 0.465 e. The van der Waals surface area contributed by atoms with E-state index in [-0.39, 0.29) is 34.9 Å². The zero-order valence-corrected chi connectivity index (χ0v) is 27.3. The van der Waals surface area contributed by atoms with E-state index < -0.39 is 21.9 Å². The van der Waals surface area contributed by atoms with Crippen LogP contribution in [-0.2, 0) is 37.4 Å². The predicted molar refractivity (Wildman–Crippen MR) is 174 cm³/mol. The van der Waals surface area contributed by atoms with Gasteiger partial charge in [0.2, 0.25) is 10.0 Å². The van der Waals surface area contributed by atoms with E-state index in [0.717, 1.165) is 16.7 Å². The minimum absolute atomic E-state index is 0.0610. The molecule has 0 saturated heterocycles. The van der Waals surface area contributed by atoms with E-state index >= 15 is 0 Å². The third kappa shape index (κ3) is 6.77. The van der Waals surface area contributed by atoms with E-state index in [1.807, 2.05) is 13.8 Å². The highest BCUT2D eigenvalue weighted by Gasteiger charge is 2.38. The molecule has 45 heavy (non-hydrogen) atoms. The molecule has 0 fully saturated rings. The number of esters is 1. The van der Waals surface area contributed by atoms with Crippen LogP contribution in [0.4, 0.5) is 5.69 Å². The molecule has 1 amide bonds. The van der Waals surface area contributed by atoms with Crippen molar-refractivity contribution in [2.75, 3.05) is 12.0 Å². The second-order valence-electron chi connectivity index (χ2n) is 10.6. The first-order valence-corrected chi connectivity index (χ1v) is 16.1. The van der Waals surface area contributed by atoms with E-state index in [1.54, 1.807) is 85.8 Å². The number of hydrogen-bond acceptors (Lipinski definition) is 6. The zero-order valence-electron chi connectivity index (χ0n) is 25.0. The van der Waals surface area contributed by atoms with E-state index in [4.69, 9.17) is 32.4 Å². The SMILES string of the molecule is COC(=O)C1=C(C)N(c2ccc(C)c(Cl)c2)C(=O)/C1=C/c1ccc(CN(Cc2ccc(Cl)cc2)S(=O)(=O)c2ccc(C)cc2)o1. The van der Waals surface area contributed by atoms with Crippen molar-refractivity contribution in [3.8, 4) is 0 Å². The Balaban J connectivity index is 1.49. The number of carbonyl (C=O) groups is 2. The summed E-state index contributed by atoms with van der Waals surface area (Å²) in [5.41, 5.74) is 3.55. The maximum atomic E-state index is 13.8. The second-order valence-corrected chi connectivity index (χ2v) is 13.4. The number of hydrogen-bond donors (Lipinski definition) is 0. The van der Waals surface area contributed by atoms with Crippen molar-refractivity contribution in [3.63, 3.8) is 0 Å². The standard InChI is InChI=1S/C34H30Cl2N2O6S/c1-21-5-15-29(16-6-21)45(41,42)37(19-24-8-10-25(35)11-9-24)20-28-14-13-27(44-28)18-30-32(34(40)43-4)23(3)38(33(30)39)26-12-7-22(2)31(36)17-26/h5-18H,19-20H2,1-4H3/b30-18+. The Hall–Kier alpha value is -4.15.